The summed E-state index contributed by atoms with van der Waals surface area (Å²) in [5.41, 5.74) is 6.11. The molecule has 2 aromatic heterocycles. The van der Waals surface area contributed by atoms with E-state index in [4.69, 9.17) is 5.73 Å². The Hall–Kier alpha value is -1.13. The Bertz CT molecular complexity index is 536. The van der Waals surface area contributed by atoms with Gasteiger partial charge < -0.3 is 10.6 Å². The first-order valence-corrected chi connectivity index (χ1v) is 6.87. The topological polar surface area (TPSA) is 42.1 Å². The van der Waals surface area contributed by atoms with Crippen LogP contribution in [0.2, 0.25) is 0 Å². The highest BCUT2D eigenvalue weighted by Crippen LogP contribution is 2.35. The van der Waals surface area contributed by atoms with Crippen molar-refractivity contribution in [3.05, 3.63) is 23.7 Å². The number of nitrogens with two attached hydrogens (primary N) is 1. The van der Waals surface area contributed by atoms with Crippen LogP contribution < -0.4 is 10.6 Å². The molecule has 1 atom stereocenters. The van der Waals surface area contributed by atoms with Gasteiger partial charge in [-0.15, -0.1) is 11.3 Å². The van der Waals surface area contributed by atoms with E-state index in [1.165, 1.54) is 10.1 Å². The SMILES string of the molecule is CC1(CN)CCN(c2nccc3sccc23)C1. The molecule has 1 saturated heterocycles. The molecule has 3 nitrogen and oxygen atoms in total. The zero-order valence-electron chi connectivity index (χ0n) is 10.0. The smallest absolute Gasteiger partial charge is 0.137 e. The molecule has 0 bridgehead atoms. The minimum Gasteiger partial charge on any atom is -0.355 e. The Morgan fingerprint density at radius 3 is 3.18 bits per heavy atom. The van der Waals surface area contributed by atoms with E-state index < -0.39 is 0 Å². The second-order valence-corrected chi connectivity index (χ2v) is 6.10. The maximum absolute atomic E-state index is 5.86. The highest BCUT2D eigenvalue weighted by molar-refractivity contribution is 7.17. The fraction of sp³-hybridized carbons (Fsp3) is 0.462. The second-order valence-electron chi connectivity index (χ2n) is 5.15. The van der Waals surface area contributed by atoms with Crippen LogP contribution in [-0.4, -0.2) is 24.6 Å². The summed E-state index contributed by atoms with van der Waals surface area (Å²) < 4.78 is 1.32. The van der Waals surface area contributed by atoms with Gasteiger partial charge in [-0.3, -0.25) is 0 Å². The number of anilines is 1. The number of hydrogen-bond acceptors (Lipinski definition) is 4. The summed E-state index contributed by atoms with van der Waals surface area (Å²) in [7, 11) is 0. The highest BCUT2D eigenvalue weighted by Gasteiger charge is 2.33. The van der Waals surface area contributed by atoms with Crippen molar-refractivity contribution in [1.82, 2.24) is 4.98 Å². The van der Waals surface area contributed by atoms with Gasteiger partial charge in [0.15, 0.2) is 0 Å². The van der Waals surface area contributed by atoms with Crippen LogP contribution in [0.25, 0.3) is 10.1 Å². The Labute approximate surface area is 105 Å². The fourth-order valence-electron chi connectivity index (χ4n) is 2.50. The highest BCUT2D eigenvalue weighted by atomic mass is 32.1. The summed E-state index contributed by atoms with van der Waals surface area (Å²) >= 11 is 1.77. The van der Waals surface area contributed by atoms with E-state index in [-0.39, 0.29) is 5.41 Å². The molecule has 2 aromatic rings. The van der Waals surface area contributed by atoms with Gasteiger partial charge in [0.25, 0.3) is 0 Å². The summed E-state index contributed by atoms with van der Waals surface area (Å²) in [5, 5.41) is 3.41. The zero-order valence-corrected chi connectivity index (χ0v) is 10.8. The van der Waals surface area contributed by atoms with Crippen LogP contribution in [0, 0.1) is 5.41 Å². The van der Waals surface area contributed by atoms with Crippen molar-refractivity contribution < 1.29 is 0 Å². The van der Waals surface area contributed by atoms with Crippen LogP contribution in [0.4, 0.5) is 5.82 Å². The van der Waals surface area contributed by atoms with Crippen molar-refractivity contribution in [3.63, 3.8) is 0 Å². The van der Waals surface area contributed by atoms with Gasteiger partial charge in [0, 0.05) is 29.4 Å². The van der Waals surface area contributed by atoms with Gasteiger partial charge in [-0.2, -0.15) is 0 Å². The predicted octanol–water partition coefficient (Wildman–Crippen LogP) is 2.47. The number of pyridine rings is 1. The summed E-state index contributed by atoms with van der Waals surface area (Å²) in [6, 6.07) is 4.25. The van der Waals surface area contributed by atoms with Crippen LogP contribution in [-0.2, 0) is 0 Å². The number of aromatic nitrogens is 1. The van der Waals surface area contributed by atoms with E-state index in [2.05, 4.69) is 34.3 Å². The standard InChI is InChI=1S/C13H17N3S/c1-13(8-14)4-6-16(9-13)12-10-3-7-17-11(10)2-5-15-12/h2-3,5,7H,4,6,8-9,14H2,1H3. The van der Waals surface area contributed by atoms with E-state index >= 15 is 0 Å². The normalized spacial score (nSPS) is 24.7. The molecule has 1 aliphatic rings. The van der Waals surface area contributed by atoms with Gasteiger partial charge in [-0.1, -0.05) is 6.92 Å². The molecule has 1 fully saturated rings. The molecule has 0 saturated carbocycles. The molecular weight excluding hydrogens is 230 g/mol. The minimum atomic E-state index is 0.250. The zero-order chi connectivity index (χ0) is 11.9. The monoisotopic (exact) mass is 247 g/mol. The summed E-state index contributed by atoms with van der Waals surface area (Å²) in [4.78, 5) is 6.93. The van der Waals surface area contributed by atoms with Gasteiger partial charge in [0.05, 0.1) is 0 Å². The van der Waals surface area contributed by atoms with Crippen molar-refractivity contribution in [2.75, 3.05) is 24.5 Å². The molecule has 0 aliphatic carbocycles. The molecule has 3 rings (SSSR count). The number of fused-ring (bicyclic) bond motifs is 1. The molecule has 1 unspecified atom stereocenters. The lowest BCUT2D eigenvalue weighted by molar-refractivity contribution is 0.383. The van der Waals surface area contributed by atoms with E-state index in [9.17, 15) is 0 Å². The first-order valence-electron chi connectivity index (χ1n) is 5.99. The Morgan fingerprint density at radius 2 is 2.41 bits per heavy atom. The first-order chi connectivity index (χ1) is 8.22. The van der Waals surface area contributed by atoms with E-state index in [0.29, 0.717) is 0 Å². The molecule has 0 radical (unpaired) electrons. The number of nitrogens with zero attached hydrogens (tertiary/aromatic N) is 2. The molecule has 0 amide bonds. The van der Waals surface area contributed by atoms with Gasteiger partial charge in [0.2, 0.25) is 0 Å². The predicted molar refractivity (Wildman–Crippen MR) is 73.6 cm³/mol. The lowest BCUT2D eigenvalue weighted by Gasteiger charge is -2.23. The fourth-order valence-corrected chi connectivity index (χ4v) is 3.28. The first kappa shape index (κ1) is 11.0. The van der Waals surface area contributed by atoms with Gasteiger partial charge in [-0.05, 0) is 35.9 Å². The van der Waals surface area contributed by atoms with Gasteiger partial charge >= 0.3 is 0 Å². The van der Waals surface area contributed by atoms with E-state index in [0.717, 1.165) is 31.9 Å². The van der Waals surface area contributed by atoms with Gasteiger partial charge in [-0.25, -0.2) is 4.98 Å². The van der Waals surface area contributed by atoms with Crippen molar-refractivity contribution in [1.29, 1.82) is 0 Å². The molecule has 1 aliphatic heterocycles. The molecule has 2 N–H and O–H groups in total. The van der Waals surface area contributed by atoms with Crippen LogP contribution in [0.1, 0.15) is 13.3 Å². The molecule has 3 heterocycles. The van der Waals surface area contributed by atoms with E-state index in [1.807, 2.05) is 6.20 Å². The number of rotatable bonds is 2. The summed E-state index contributed by atoms with van der Waals surface area (Å²) in [6.07, 6.45) is 3.07. The van der Waals surface area contributed by atoms with Crippen molar-refractivity contribution in [3.8, 4) is 0 Å². The minimum absolute atomic E-state index is 0.250. The average Bonchev–Trinajstić information content (AvgIpc) is 2.95. The summed E-state index contributed by atoms with van der Waals surface area (Å²) in [6.45, 7) is 5.10. The quantitative estimate of drug-likeness (QED) is 0.886. The van der Waals surface area contributed by atoms with E-state index in [1.54, 1.807) is 11.3 Å². The van der Waals surface area contributed by atoms with Crippen molar-refractivity contribution in [2.24, 2.45) is 11.1 Å². The van der Waals surface area contributed by atoms with Gasteiger partial charge in [0.1, 0.15) is 5.82 Å². The summed E-state index contributed by atoms with van der Waals surface area (Å²) in [5.74, 6) is 1.13. The number of hydrogen-bond donors (Lipinski definition) is 1. The molecule has 0 spiro atoms. The third-order valence-corrected chi connectivity index (χ3v) is 4.59. The molecule has 17 heavy (non-hydrogen) atoms. The molecule has 4 heteroatoms. The third-order valence-electron chi connectivity index (χ3n) is 3.71. The second kappa shape index (κ2) is 3.96. The molecular formula is C13H17N3S. The molecule has 90 valence electrons. The maximum atomic E-state index is 5.86. The molecule has 0 aromatic carbocycles. The average molecular weight is 247 g/mol. The van der Waals surface area contributed by atoms with Crippen molar-refractivity contribution in [2.45, 2.75) is 13.3 Å². The Balaban J connectivity index is 1.98. The Kier molecular flexibility index (Phi) is 2.56. The van der Waals surface area contributed by atoms with Crippen molar-refractivity contribution >= 4 is 27.2 Å². The lowest BCUT2D eigenvalue weighted by atomic mass is 9.90. The largest absolute Gasteiger partial charge is 0.355 e. The lowest BCUT2D eigenvalue weighted by Crippen LogP contribution is -2.31. The van der Waals surface area contributed by atoms with Crippen LogP contribution >= 0.6 is 11.3 Å². The third kappa shape index (κ3) is 1.81. The van der Waals surface area contributed by atoms with Crippen LogP contribution in [0.3, 0.4) is 0 Å². The Morgan fingerprint density at radius 1 is 1.53 bits per heavy atom. The maximum Gasteiger partial charge on any atom is 0.137 e. The number of thiophene rings is 1. The van der Waals surface area contributed by atoms with Crippen LogP contribution in [0.15, 0.2) is 23.7 Å². The van der Waals surface area contributed by atoms with Crippen LogP contribution in [0.5, 0.6) is 0 Å².